The van der Waals surface area contributed by atoms with Crippen LogP contribution in [-0.4, -0.2) is 28.5 Å². The third-order valence-corrected chi connectivity index (χ3v) is 4.06. The molecule has 1 amide bonds. The molecule has 0 aliphatic carbocycles. The van der Waals surface area contributed by atoms with Crippen molar-refractivity contribution in [1.82, 2.24) is 9.97 Å². The van der Waals surface area contributed by atoms with Crippen molar-refractivity contribution in [3.63, 3.8) is 0 Å². The average Bonchev–Trinajstić information content (AvgIpc) is 2.68. The maximum atomic E-state index is 12.6. The standard InChI is InChI=1S/C22H22N4O3/c1-4-29-21(28)18-7-5-6-8-19(18)26-20(27)16-9-11-17(12-10-16)25-22-23-14(2)13-15(3)24-22/h5-13H,4H2,1-3H3,(H,26,27)(H,23,24,25). The molecule has 0 saturated heterocycles. The number of benzene rings is 2. The highest BCUT2D eigenvalue weighted by Crippen LogP contribution is 2.19. The quantitative estimate of drug-likeness (QED) is 0.611. The van der Waals surface area contributed by atoms with Gasteiger partial charge in [-0.25, -0.2) is 14.8 Å². The summed E-state index contributed by atoms with van der Waals surface area (Å²) in [5, 5.41) is 5.89. The molecule has 0 aliphatic rings. The van der Waals surface area contributed by atoms with Crippen LogP contribution in [0.5, 0.6) is 0 Å². The van der Waals surface area contributed by atoms with Crippen molar-refractivity contribution in [1.29, 1.82) is 0 Å². The number of carbonyl (C=O) groups excluding carboxylic acids is 2. The molecule has 3 aromatic rings. The van der Waals surface area contributed by atoms with Crippen LogP contribution in [0.1, 0.15) is 39.0 Å². The number of esters is 1. The van der Waals surface area contributed by atoms with Gasteiger partial charge in [-0.2, -0.15) is 0 Å². The summed E-state index contributed by atoms with van der Waals surface area (Å²) in [7, 11) is 0. The van der Waals surface area contributed by atoms with Crippen molar-refractivity contribution in [3.8, 4) is 0 Å². The van der Waals surface area contributed by atoms with Crippen LogP contribution in [0.3, 0.4) is 0 Å². The van der Waals surface area contributed by atoms with Crippen LogP contribution in [0, 0.1) is 13.8 Å². The maximum Gasteiger partial charge on any atom is 0.340 e. The van der Waals surface area contributed by atoms with Gasteiger partial charge in [-0.3, -0.25) is 4.79 Å². The number of amides is 1. The second-order valence-electron chi connectivity index (χ2n) is 6.40. The van der Waals surface area contributed by atoms with E-state index in [2.05, 4.69) is 20.6 Å². The van der Waals surface area contributed by atoms with E-state index in [4.69, 9.17) is 4.74 Å². The molecule has 148 valence electrons. The van der Waals surface area contributed by atoms with Gasteiger partial charge in [-0.15, -0.1) is 0 Å². The summed E-state index contributed by atoms with van der Waals surface area (Å²) in [6.07, 6.45) is 0. The number of nitrogens with zero attached hydrogens (tertiary/aromatic N) is 2. The molecular formula is C22H22N4O3. The molecule has 0 aliphatic heterocycles. The van der Waals surface area contributed by atoms with Gasteiger partial charge in [0.15, 0.2) is 0 Å². The third kappa shape index (κ3) is 5.16. The summed E-state index contributed by atoms with van der Waals surface area (Å²) >= 11 is 0. The highest BCUT2D eigenvalue weighted by molar-refractivity contribution is 6.08. The predicted molar refractivity (Wildman–Crippen MR) is 112 cm³/mol. The fourth-order valence-corrected chi connectivity index (χ4v) is 2.79. The second-order valence-corrected chi connectivity index (χ2v) is 6.40. The van der Waals surface area contributed by atoms with E-state index in [0.717, 1.165) is 17.1 Å². The first-order chi connectivity index (χ1) is 14.0. The van der Waals surface area contributed by atoms with E-state index in [1.54, 1.807) is 55.5 Å². The minimum absolute atomic E-state index is 0.264. The fraction of sp³-hybridized carbons (Fsp3) is 0.182. The van der Waals surface area contributed by atoms with Gasteiger partial charge in [0, 0.05) is 22.6 Å². The highest BCUT2D eigenvalue weighted by Gasteiger charge is 2.15. The number of rotatable bonds is 6. The van der Waals surface area contributed by atoms with Gasteiger partial charge in [-0.1, -0.05) is 12.1 Å². The molecule has 0 spiro atoms. The first-order valence-corrected chi connectivity index (χ1v) is 9.23. The highest BCUT2D eigenvalue weighted by atomic mass is 16.5. The van der Waals surface area contributed by atoms with Crippen LogP contribution in [0.4, 0.5) is 17.3 Å². The van der Waals surface area contributed by atoms with Gasteiger partial charge in [0.2, 0.25) is 5.95 Å². The summed E-state index contributed by atoms with van der Waals surface area (Å²) in [4.78, 5) is 33.3. The van der Waals surface area contributed by atoms with Crippen LogP contribution in [0.15, 0.2) is 54.6 Å². The average molecular weight is 390 g/mol. The molecule has 1 aromatic heterocycles. The molecule has 0 radical (unpaired) electrons. The molecule has 0 saturated carbocycles. The van der Waals surface area contributed by atoms with E-state index in [1.165, 1.54) is 0 Å². The first kappa shape index (κ1) is 20.0. The predicted octanol–water partition coefficient (Wildman–Crippen LogP) is 4.27. The van der Waals surface area contributed by atoms with Gasteiger partial charge in [-0.05, 0) is 63.2 Å². The van der Waals surface area contributed by atoms with E-state index in [9.17, 15) is 9.59 Å². The van der Waals surface area contributed by atoms with Crippen molar-refractivity contribution in [3.05, 3.63) is 77.1 Å². The van der Waals surface area contributed by atoms with E-state index >= 15 is 0 Å². The second kappa shape index (κ2) is 8.97. The largest absolute Gasteiger partial charge is 0.462 e. The Labute approximate surface area is 169 Å². The number of hydrogen-bond donors (Lipinski definition) is 2. The number of aryl methyl sites for hydroxylation is 2. The lowest BCUT2D eigenvalue weighted by Gasteiger charge is -2.11. The SMILES string of the molecule is CCOC(=O)c1ccccc1NC(=O)c1ccc(Nc2nc(C)cc(C)n2)cc1. The fourth-order valence-electron chi connectivity index (χ4n) is 2.79. The lowest BCUT2D eigenvalue weighted by molar-refractivity contribution is 0.0527. The molecule has 1 heterocycles. The summed E-state index contributed by atoms with van der Waals surface area (Å²) in [6.45, 7) is 5.81. The Hall–Kier alpha value is -3.74. The number of para-hydroxylation sites is 1. The van der Waals surface area contributed by atoms with Crippen LogP contribution >= 0.6 is 0 Å². The maximum absolute atomic E-state index is 12.6. The van der Waals surface area contributed by atoms with Crippen LogP contribution < -0.4 is 10.6 Å². The zero-order chi connectivity index (χ0) is 20.8. The number of nitrogens with one attached hydrogen (secondary N) is 2. The summed E-state index contributed by atoms with van der Waals surface area (Å²) in [6, 6.07) is 15.6. The van der Waals surface area contributed by atoms with Crippen molar-refractivity contribution in [2.24, 2.45) is 0 Å². The summed E-state index contributed by atoms with van der Waals surface area (Å²) in [5.74, 6) is -0.296. The summed E-state index contributed by atoms with van der Waals surface area (Å²) in [5.41, 5.74) is 3.68. The zero-order valence-electron chi connectivity index (χ0n) is 16.5. The summed E-state index contributed by atoms with van der Waals surface area (Å²) < 4.78 is 5.03. The Bertz CT molecular complexity index is 1010. The molecule has 0 fully saturated rings. The van der Waals surface area contributed by atoms with Gasteiger partial charge >= 0.3 is 5.97 Å². The van der Waals surface area contributed by atoms with Crippen LogP contribution in [0.25, 0.3) is 0 Å². The Morgan fingerprint density at radius 2 is 1.62 bits per heavy atom. The molecule has 2 N–H and O–H groups in total. The number of carbonyl (C=O) groups is 2. The molecule has 0 atom stereocenters. The third-order valence-electron chi connectivity index (χ3n) is 4.06. The van der Waals surface area contributed by atoms with Crippen LogP contribution in [0.2, 0.25) is 0 Å². The van der Waals surface area contributed by atoms with E-state index in [-0.39, 0.29) is 12.5 Å². The zero-order valence-corrected chi connectivity index (χ0v) is 16.5. The molecule has 2 aromatic carbocycles. The minimum atomic E-state index is -0.476. The number of hydrogen-bond acceptors (Lipinski definition) is 6. The van der Waals surface area contributed by atoms with E-state index < -0.39 is 5.97 Å². The monoisotopic (exact) mass is 390 g/mol. The van der Waals surface area contributed by atoms with Gasteiger partial charge in [0.25, 0.3) is 5.91 Å². The van der Waals surface area contributed by atoms with Gasteiger partial charge in [0.1, 0.15) is 0 Å². The van der Waals surface area contributed by atoms with Crippen molar-refractivity contribution < 1.29 is 14.3 Å². The Balaban J connectivity index is 1.72. The van der Waals surface area contributed by atoms with Gasteiger partial charge < -0.3 is 15.4 Å². The first-order valence-electron chi connectivity index (χ1n) is 9.23. The van der Waals surface area contributed by atoms with E-state index in [1.807, 2.05) is 19.9 Å². The topological polar surface area (TPSA) is 93.2 Å². The molecule has 0 bridgehead atoms. The van der Waals surface area contributed by atoms with Gasteiger partial charge in [0.05, 0.1) is 17.9 Å². The Kier molecular flexibility index (Phi) is 6.19. The molecular weight excluding hydrogens is 368 g/mol. The molecule has 7 heteroatoms. The normalized spacial score (nSPS) is 10.3. The van der Waals surface area contributed by atoms with Crippen molar-refractivity contribution in [2.45, 2.75) is 20.8 Å². The molecule has 7 nitrogen and oxygen atoms in total. The number of anilines is 3. The molecule has 0 unspecified atom stereocenters. The van der Waals surface area contributed by atoms with Crippen molar-refractivity contribution in [2.75, 3.05) is 17.2 Å². The number of ether oxygens (including phenoxy) is 1. The van der Waals surface area contributed by atoms with Crippen LogP contribution in [-0.2, 0) is 4.74 Å². The minimum Gasteiger partial charge on any atom is -0.462 e. The lowest BCUT2D eigenvalue weighted by atomic mass is 10.1. The smallest absolute Gasteiger partial charge is 0.340 e. The van der Waals surface area contributed by atoms with E-state index in [0.29, 0.717) is 22.8 Å². The molecule has 29 heavy (non-hydrogen) atoms. The molecule has 3 rings (SSSR count). The lowest BCUT2D eigenvalue weighted by Crippen LogP contribution is -2.15. The Morgan fingerprint density at radius 3 is 2.28 bits per heavy atom. The van der Waals surface area contributed by atoms with Crippen molar-refractivity contribution >= 4 is 29.2 Å². The number of aromatic nitrogens is 2. The Morgan fingerprint density at radius 1 is 0.966 bits per heavy atom.